The highest BCUT2D eigenvalue weighted by Gasteiger charge is 2.20. The van der Waals surface area contributed by atoms with Crippen LogP contribution in [0.4, 0.5) is 34.1 Å². The van der Waals surface area contributed by atoms with Crippen LogP contribution in [-0.4, -0.2) is 0 Å². The van der Waals surface area contributed by atoms with Gasteiger partial charge in [0.15, 0.2) is 0 Å². The molecule has 62 heavy (non-hydrogen) atoms. The summed E-state index contributed by atoms with van der Waals surface area (Å²) in [7, 11) is 0. The summed E-state index contributed by atoms with van der Waals surface area (Å²) >= 11 is 0. The van der Waals surface area contributed by atoms with Gasteiger partial charge in [0.2, 0.25) is 0 Å². The van der Waals surface area contributed by atoms with Crippen molar-refractivity contribution >= 4 is 55.7 Å². The summed E-state index contributed by atoms with van der Waals surface area (Å²) in [5.41, 5.74) is 17.1. The fraction of sp³-hybridized carbons (Fsp3) is 0.167. The molecule has 0 fully saturated rings. The fourth-order valence-corrected chi connectivity index (χ4v) is 8.77. The van der Waals surface area contributed by atoms with Crippen LogP contribution < -0.4 is 9.80 Å². The first-order chi connectivity index (χ1) is 29.8. The van der Waals surface area contributed by atoms with Gasteiger partial charge in [-0.3, -0.25) is 0 Å². The summed E-state index contributed by atoms with van der Waals surface area (Å²) in [6.07, 6.45) is 0. The zero-order valence-corrected chi connectivity index (χ0v) is 37.4. The molecule has 0 saturated carbocycles. The molecule has 0 heterocycles. The average molecular weight is 805 g/mol. The van der Waals surface area contributed by atoms with Gasteiger partial charge in [0.1, 0.15) is 0 Å². The average Bonchev–Trinajstić information content (AvgIpc) is 3.27. The number of nitrogens with zero attached hydrogens (tertiary/aromatic N) is 2. The maximum atomic E-state index is 2.37. The molecule has 0 radical (unpaired) electrons. The second kappa shape index (κ2) is 16.2. The Balaban J connectivity index is 1.03. The van der Waals surface area contributed by atoms with Gasteiger partial charge < -0.3 is 9.80 Å². The van der Waals surface area contributed by atoms with Crippen molar-refractivity contribution in [2.75, 3.05) is 9.80 Å². The molecule has 9 rings (SSSR count). The summed E-state index contributed by atoms with van der Waals surface area (Å²) < 4.78 is 0. The quantitative estimate of drug-likeness (QED) is 0.151. The maximum absolute atomic E-state index is 2.37. The van der Waals surface area contributed by atoms with Crippen molar-refractivity contribution in [1.29, 1.82) is 0 Å². The van der Waals surface area contributed by atoms with E-state index < -0.39 is 0 Å². The van der Waals surface area contributed by atoms with Crippen molar-refractivity contribution < 1.29 is 0 Å². The minimum absolute atomic E-state index is 0.0853. The first-order valence-corrected chi connectivity index (χ1v) is 21.9. The molecular formula is C60H56N2. The molecule has 0 spiro atoms. The summed E-state index contributed by atoms with van der Waals surface area (Å²) in [6.45, 7) is 18.1. The number of fused-ring (bicyclic) bond motifs is 2. The van der Waals surface area contributed by atoms with Crippen LogP contribution in [0.5, 0.6) is 0 Å². The van der Waals surface area contributed by atoms with Crippen LogP contribution in [0.15, 0.2) is 194 Å². The number of anilines is 6. The second-order valence-corrected chi connectivity index (χ2v) is 18.9. The number of rotatable bonds is 8. The van der Waals surface area contributed by atoms with Gasteiger partial charge in [-0.05, 0) is 164 Å². The first kappa shape index (κ1) is 40.5. The Kier molecular flexibility index (Phi) is 10.6. The molecule has 0 aromatic heterocycles. The number of aryl methyl sites for hydroxylation is 2. The third-order valence-electron chi connectivity index (χ3n) is 12.4. The maximum Gasteiger partial charge on any atom is 0.0468 e. The zero-order valence-electron chi connectivity index (χ0n) is 37.4. The van der Waals surface area contributed by atoms with Gasteiger partial charge in [-0.1, -0.05) is 163 Å². The topological polar surface area (TPSA) is 6.48 Å². The fourth-order valence-electron chi connectivity index (χ4n) is 8.77. The lowest BCUT2D eigenvalue weighted by Crippen LogP contribution is -2.13. The van der Waals surface area contributed by atoms with E-state index in [2.05, 4.69) is 259 Å². The van der Waals surface area contributed by atoms with Crippen molar-refractivity contribution in [2.24, 2.45) is 0 Å². The normalized spacial score (nSPS) is 11.9. The van der Waals surface area contributed by atoms with Gasteiger partial charge in [0.05, 0.1) is 0 Å². The molecule has 306 valence electrons. The van der Waals surface area contributed by atoms with E-state index in [-0.39, 0.29) is 10.8 Å². The van der Waals surface area contributed by atoms with Crippen LogP contribution in [-0.2, 0) is 10.8 Å². The summed E-state index contributed by atoms with van der Waals surface area (Å²) in [4.78, 5) is 4.74. The molecule has 9 aromatic carbocycles. The van der Waals surface area contributed by atoms with Gasteiger partial charge in [-0.15, -0.1) is 0 Å². The Morgan fingerprint density at radius 3 is 0.903 bits per heavy atom. The van der Waals surface area contributed by atoms with E-state index in [1.54, 1.807) is 0 Å². The van der Waals surface area contributed by atoms with E-state index in [1.165, 1.54) is 66.1 Å². The van der Waals surface area contributed by atoms with Crippen LogP contribution >= 0.6 is 0 Å². The van der Waals surface area contributed by atoms with E-state index in [1.807, 2.05) is 0 Å². The highest BCUT2D eigenvalue weighted by molar-refractivity contribution is 5.91. The molecule has 0 aliphatic heterocycles. The van der Waals surface area contributed by atoms with Gasteiger partial charge in [0, 0.05) is 34.1 Å². The molecule has 0 N–H and O–H groups in total. The van der Waals surface area contributed by atoms with Crippen molar-refractivity contribution in [3.8, 4) is 22.3 Å². The molecule has 0 saturated heterocycles. The van der Waals surface area contributed by atoms with E-state index in [9.17, 15) is 0 Å². The van der Waals surface area contributed by atoms with Gasteiger partial charge in [-0.2, -0.15) is 0 Å². The summed E-state index contributed by atoms with van der Waals surface area (Å²) in [6, 6.07) is 71.7. The van der Waals surface area contributed by atoms with Gasteiger partial charge in [-0.25, -0.2) is 0 Å². The van der Waals surface area contributed by atoms with Crippen LogP contribution in [0, 0.1) is 13.8 Å². The molecule has 0 aliphatic rings. The van der Waals surface area contributed by atoms with Gasteiger partial charge in [0.25, 0.3) is 0 Å². The van der Waals surface area contributed by atoms with Crippen molar-refractivity contribution in [3.05, 3.63) is 216 Å². The smallest absolute Gasteiger partial charge is 0.0468 e. The lowest BCUT2D eigenvalue weighted by Gasteiger charge is -2.27. The largest absolute Gasteiger partial charge is 0.310 e. The molecule has 2 heteroatoms. The van der Waals surface area contributed by atoms with Crippen molar-refractivity contribution in [2.45, 2.75) is 66.2 Å². The Bertz CT molecular complexity index is 2810. The van der Waals surface area contributed by atoms with E-state index in [4.69, 9.17) is 0 Å². The Labute approximate surface area is 368 Å². The predicted molar refractivity (Wildman–Crippen MR) is 269 cm³/mol. The van der Waals surface area contributed by atoms with Crippen molar-refractivity contribution in [3.63, 3.8) is 0 Å². The van der Waals surface area contributed by atoms with Crippen LogP contribution in [0.3, 0.4) is 0 Å². The monoisotopic (exact) mass is 804 g/mol. The Hall–Kier alpha value is -6.90. The Morgan fingerprint density at radius 1 is 0.290 bits per heavy atom. The third-order valence-corrected chi connectivity index (χ3v) is 12.4. The van der Waals surface area contributed by atoms with E-state index in [0.29, 0.717) is 0 Å². The van der Waals surface area contributed by atoms with E-state index in [0.717, 1.165) is 34.1 Å². The summed E-state index contributed by atoms with van der Waals surface area (Å²) in [5.74, 6) is 0. The van der Waals surface area contributed by atoms with Gasteiger partial charge >= 0.3 is 0 Å². The lowest BCUT2D eigenvalue weighted by molar-refractivity contribution is 0.590. The molecule has 0 aliphatic carbocycles. The molecule has 0 amide bonds. The molecule has 0 bridgehead atoms. The number of hydrogen-bond acceptors (Lipinski definition) is 2. The van der Waals surface area contributed by atoms with E-state index >= 15 is 0 Å². The zero-order chi connectivity index (χ0) is 43.2. The highest BCUT2D eigenvalue weighted by Crippen LogP contribution is 2.41. The molecular weight excluding hydrogens is 749 g/mol. The highest BCUT2D eigenvalue weighted by atomic mass is 15.1. The molecule has 0 unspecified atom stereocenters. The third kappa shape index (κ3) is 8.14. The lowest BCUT2D eigenvalue weighted by atomic mass is 9.87. The second-order valence-electron chi connectivity index (χ2n) is 18.9. The Morgan fingerprint density at radius 2 is 0.581 bits per heavy atom. The predicted octanol–water partition coefficient (Wildman–Crippen LogP) is 17.5. The first-order valence-electron chi connectivity index (χ1n) is 21.9. The van der Waals surface area contributed by atoms with Crippen LogP contribution in [0.2, 0.25) is 0 Å². The standard InChI is InChI=1S/C60H56N2/c1-41-37-58(46-21-29-52(30-22-46)62(54-35-25-50(26-36-54)60(6,7)8)56-32-18-44-14-10-12-16-48(44)40-56)42(2)38-57(41)45-19-27-51(28-20-45)61(53-33-23-49(24-34-53)59(3,4)5)55-31-17-43-13-9-11-15-47(43)39-55/h9-40H,1-8H3. The van der Waals surface area contributed by atoms with Crippen molar-refractivity contribution in [1.82, 2.24) is 0 Å². The minimum atomic E-state index is 0.0853. The molecule has 9 aromatic rings. The van der Waals surface area contributed by atoms with Crippen LogP contribution in [0.25, 0.3) is 43.8 Å². The SMILES string of the molecule is Cc1cc(-c2ccc(N(c3ccc(C(C)(C)C)cc3)c3ccc4ccccc4c3)cc2)c(C)cc1-c1ccc(N(c2ccc(C(C)(C)C)cc2)c2ccc3ccccc3c2)cc1. The number of benzene rings is 9. The molecule has 0 atom stereocenters. The summed E-state index contributed by atoms with van der Waals surface area (Å²) in [5, 5.41) is 4.94. The minimum Gasteiger partial charge on any atom is -0.310 e. The molecule has 2 nitrogen and oxygen atoms in total. The number of hydrogen-bond donors (Lipinski definition) is 0. The van der Waals surface area contributed by atoms with Crippen LogP contribution in [0.1, 0.15) is 63.8 Å².